The largest absolute Gasteiger partial charge is 0.389 e. The molecule has 1 aromatic heterocycles. The topological polar surface area (TPSA) is 17.8 Å². The van der Waals surface area contributed by atoms with E-state index in [-0.39, 0.29) is 23.3 Å². The van der Waals surface area contributed by atoms with E-state index in [0.29, 0.717) is 16.9 Å². The lowest BCUT2D eigenvalue weighted by Gasteiger charge is -2.09. The van der Waals surface area contributed by atoms with Gasteiger partial charge >= 0.3 is 6.18 Å². The summed E-state index contributed by atoms with van der Waals surface area (Å²) in [4.78, 5) is 4.20. The lowest BCUT2D eigenvalue weighted by Crippen LogP contribution is -2.10. The van der Waals surface area contributed by atoms with Crippen molar-refractivity contribution in [3.05, 3.63) is 28.2 Å². The van der Waals surface area contributed by atoms with Gasteiger partial charge in [0.1, 0.15) is 11.6 Å². The minimum atomic E-state index is -4.20. The normalized spacial score (nSPS) is 12.3. The fourth-order valence-corrected chi connectivity index (χ4v) is 2.49. The van der Waals surface area contributed by atoms with E-state index in [0.717, 1.165) is 0 Å². The van der Waals surface area contributed by atoms with Gasteiger partial charge in [-0.3, -0.25) is 0 Å². The Morgan fingerprint density at radius 1 is 1.30 bits per heavy atom. The number of fused-ring (bicyclic) bond motifs is 1. The van der Waals surface area contributed by atoms with Gasteiger partial charge in [0.15, 0.2) is 0 Å². The minimum absolute atomic E-state index is 0.0555. The van der Waals surface area contributed by atoms with E-state index in [1.807, 2.05) is 0 Å². The van der Waals surface area contributed by atoms with Crippen LogP contribution in [0.25, 0.3) is 11.0 Å². The first-order chi connectivity index (χ1) is 9.31. The zero-order valence-electron chi connectivity index (χ0n) is 10.1. The van der Waals surface area contributed by atoms with Crippen molar-refractivity contribution >= 4 is 38.6 Å². The smallest absolute Gasteiger partial charge is 0.327 e. The maximum absolute atomic E-state index is 13.6. The molecule has 0 aliphatic rings. The second-order valence-corrected chi connectivity index (χ2v) is 5.41. The molecule has 0 radical (unpaired) electrons. The van der Waals surface area contributed by atoms with Gasteiger partial charge in [-0.15, -0.1) is 11.6 Å². The number of halogens is 6. The molecule has 0 N–H and O–H groups in total. The number of benzene rings is 1. The SMILES string of the molecule is Fc1cc2c(cc1Br)nc(CCl)n2CCCC(F)(F)F. The summed E-state index contributed by atoms with van der Waals surface area (Å²) in [7, 11) is 0. The summed E-state index contributed by atoms with van der Waals surface area (Å²) in [6.07, 6.45) is -5.20. The number of aryl methyl sites for hydroxylation is 1. The molecule has 0 aliphatic heterocycles. The van der Waals surface area contributed by atoms with Gasteiger partial charge in [0, 0.05) is 19.0 Å². The van der Waals surface area contributed by atoms with E-state index in [1.165, 1.54) is 16.7 Å². The molecule has 20 heavy (non-hydrogen) atoms. The second kappa shape index (κ2) is 5.89. The maximum Gasteiger partial charge on any atom is 0.389 e. The molecule has 2 nitrogen and oxygen atoms in total. The molecule has 0 saturated carbocycles. The van der Waals surface area contributed by atoms with E-state index in [1.54, 1.807) is 0 Å². The van der Waals surface area contributed by atoms with Crippen molar-refractivity contribution in [2.24, 2.45) is 0 Å². The minimum Gasteiger partial charge on any atom is -0.327 e. The summed E-state index contributed by atoms with van der Waals surface area (Å²) in [5.41, 5.74) is 0.949. The number of hydrogen-bond acceptors (Lipinski definition) is 1. The average Bonchev–Trinajstić information content (AvgIpc) is 2.66. The third kappa shape index (κ3) is 3.44. The van der Waals surface area contributed by atoms with Crippen molar-refractivity contribution in [3.8, 4) is 0 Å². The van der Waals surface area contributed by atoms with Crippen LogP contribution in [-0.4, -0.2) is 15.7 Å². The summed E-state index contributed by atoms with van der Waals surface area (Å²) in [6, 6.07) is 2.73. The van der Waals surface area contributed by atoms with Crippen molar-refractivity contribution in [1.82, 2.24) is 9.55 Å². The summed E-state index contributed by atoms with van der Waals surface area (Å²) in [5, 5.41) is 0. The first-order valence-corrected chi connectivity index (χ1v) is 7.11. The van der Waals surface area contributed by atoms with Gasteiger partial charge in [-0.05, 0) is 28.4 Å². The lowest BCUT2D eigenvalue weighted by atomic mass is 10.2. The Morgan fingerprint density at radius 3 is 2.60 bits per heavy atom. The summed E-state index contributed by atoms with van der Waals surface area (Å²) in [5.74, 6) is -0.00290. The van der Waals surface area contributed by atoms with Gasteiger partial charge in [0.2, 0.25) is 0 Å². The number of nitrogens with zero attached hydrogens (tertiary/aromatic N) is 2. The Kier molecular flexibility index (Phi) is 4.59. The molecule has 0 aliphatic carbocycles. The predicted octanol–water partition coefficient (Wildman–Crippen LogP) is 5.02. The summed E-state index contributed by atoms with van der Waals surface area (Å²) >= 11 is 8.79. The monoisotopic (exact) mass is 372 g/mol. The van der Waals surface area contributed by atoms with Crippen LogP contribution in [0.2, 0.25) is 0 Å². The molecule has 0 unspecified atom stereocenters. The van der Waals surface area contributed by atoms with Crippen LogP contribution in [0.1, 0.15) is 18.7 Å². The molecule has 1 heterocycles. The van der Waals surface area contributed by atoms with Gasteiger partial charge in [-0.2, -0.15) is 13.2 Å². The first-order valence-electron chi connectivity index (χ1n) is 5.78. The zero-order valence-corrected chi connectivity index (χ0v) is 12.5. The van der Waals surface area contributed by atoms with E-state index in [4.69, 9.17) is 11.6 Å². The Hall–Kier alpha value is -0.820. The number of alkyl halides is 4. The van der Waals surface area contributed by atoms with Gasteiger partial charge in [0.25, 0.3) is 0 Å². The van der Waals surface area contributed by atoms with E-state index in [2.05, 4.69) is 20.9 Å². The van der Waals surface area contributed by atoms with E-state index < -0.39 is 18.4 Å². The van der Waals surface area contributed by atoms with Crippen LogP contribution in [0.15, 0.2) is 16.6 Å². The highest BCUT2D eigenvalue weighted by atomic mass is 79.9. The number of rotatable bonds is 4. The standard InChI is InChI=1S/C12H10BrClF4N2/c13-7-4-9-10(5-8(7)15)20(11(6-14)19-9)3-1-2-12(16,17)18/h4-5H,1-3,6H2. The molecule has 1 aromatic carbocycles. The molecular weight excluding hydrogens is 363 g/mol. The Balaban J connectivity index is 2.33. The van der Waals surface area contributed by atoms with Gasteiger partial charge in [-0.25, -0.2) is 9.37 Å². The van der Waals surface area contributed by atoms with Crippen molar-refractivity contribution in [2.75, 3.05) is 0 Å². The maximum atomic E-state index is 13.6. The van der Waals surface area contributed by atoms with E-state index in [9.17, 15) is 17.6 Å². The Bertz CT molecular complexity index is 624. The average molecular weight is 374 g/mol. The molecule has 2 rings (SSSR count). The Labute approximate surface area is 125 Å². The summed E-state index contributed by atoms with van der Waals surface area (Å²) in [6.45, 7) is 0.0964. The number of hydrogen-bond donors (Lipinski definition) is 0. The molecule has 0 bridgehead atoms. The summed E-state index contributed by atoms with van der Waals surface area (Å²) < 4.78 is 51.9. The van der Waals surface area contributed by atoms with E-state index >= 15 is 0 Å². The van der Waals surface area contributed by atoms with Crippen molar-refractivity contribution in [2.45, 2.75) is 31.4 Å². The molecule has 2 aromatic rings. The number of imidazole rings is 1. The van der Waals surface area contributed by atoms with Gasteiger partial charge < -0.3 is 4.57 Å². The van der Waals surface area contributed by atoms with Gasteiger partial charge in [-0.1, -0.05) is 0 Å². The fourth-order valence-electron chi connectivity index (χ4n) is 1.96. The lowest BCUT2D eigenvalue weighted by molar-refractivity contribution is -0.135. The second-order valence-electron chi connectivity index (χ2n) is 4.29. The molecule has 0 saturated heterocycles. The van der Waals surface area contributed by atoms with Crippen molar-refractivity contribution in [3.63, 3.8) is 0 Å². The molecular formula is C12H10BrClF4N2. The van der Waals surface area contributed by atoms with Crippen LogP contribution in [-0.2, 0) is 12.4 Å². The molecule has 0 spiro atoms. The number of aromatic nitrogens is 2. The Morgan fingerprint density at radius 2 is 2.00 bits per heavy atom. The van der Waals surface area contributed by atoms with Gasteiger partial charge in [0.05, 0.1) is 21.4 Å². The molecule has 110 valence electrons. The highest BCUT2D eigenvalue weighted by Gasteiger charge is 2.26. The molecule has 0 atom stereocenters. The van der Waals surface area contributed by atoms with Crippen molar-refractivity contribution < 1.29 is 17.6 Å². The predicted molar refractivity (Wildman–Crippen MR) is 72.2 cm³/mol. The first kappa shape index (κ1) is 15.6. The third-order valence-corrected chi connectivity index (χ3v) is 3.68. The molecule has 0 amide bonds. The van der Waals surface area contributed by atoms with Crippen LogP contribution in [0.4, 0.5) is 17.6 Å². The highest BCUT2D eigenvalue weighted by molar-refractivity contribution is 9.10. The zero-order chi connectivity index (χ0) is 14.9. The highest BCUT2D eigenvalue weighted by Crippen LogP contribution is 2.27. The quantitative estimate of drug-likeness (QED) is 0.543. The van der Waals surface area contributed by atoms with Crippen LogP contribution >= 0.6 is 27.5 Å². The fraction of sp³-hybridized carbons (Fsp3) is 0.417. The van der Waals surface area contributed by atoms with Crippen LogP contribution in [0.5, 0.6) is 0 Å². The van der Waals surface area contributed by atoms with Crippen LogP contribution in [0, 0.1) is 5.82 Å². The third-order valence-electron chi connectivity index (χ3n) is 2.83. The molecule has 8 heteroatoms. The van der Waals surface area contributed by atoms with Crippen molar-refractivity contribution in [1.29, 1.82) is 0 Å². The van der Waals surface area contributed by atoms with Crippen LogP contribution in [0.3, 0.4) is 0 Å². The van der Waals surface area contributed by atoms with Crippen LogP contribution < -0.4 is 0 Å². The molecule has 0 fully saturated rings.